The maximum absolute atomic E-state index is 11.9. The Balaban J connectivity index is 2.09. The zero-order valence-corrected chi connectivity index (χ0v) is 16.4. The summed E-state index contributed by atoms with van der Waals surface area (Å²) in [5, 5.41) is 0.578. The predicted molar refractivity (Wildman–Crippen MR) is 98.2 cm³/mol. The Morgan fingerprint density at radius 3 is 2.55 bits per heavy atom. The van der Waals surface area contributed by atoms with Crippen molar-refractivity contribution < 1.29 is 33.3 Å². The number of carbonyl (C=O) groups excluding carboxylic acids is 3. The number of fused-ring (bicyclic) bond motifs is 1. The second-order valence-electron chi connectivity index (χ2n) is 6.86. The number of esters is 3. The van der Waals surface area contributed by atoms with Crippen LogP contribution in [0, 0.1) is 0 Å². The molecule has 2 N–H and O–H groups in total. The minimum Gasteiger partial charge on any atom is -0.463 e. The van der Waals surface area contributed by atoms with Gasteiger partial charge in [-0.1, -0.05) is 0 Å². The molecule has 1 saturated heterocycles. The number of hydrogen-bond donors (Lipinski definition) is 1. The van der Waals surface area contributed by atoms with E-state index < -0.39 is 41.9 Å². The third kappa shape index (κ3) is 3.86. The van der Waals surface area contributed by atoms with Crippen LogP contribution in [0.3, 0.4) is 0 Å². The SMILES string of the molecule is CC(=O)OC[C@H]1OC(n2ccc3c(N)ncnc32)C(C)(OC(C)=O)[C@@H]1OC(C)=O. The van der Waals surface area contributed by atoms with E-state index in [1.54, 1.807) is 23.8 Å². The number of anilines is 1. The highest BCUT2D eigenvalue weighted by Gasteiger charge is 2.60. The highest BCUT2D eigenvalue weighted by Crippen LogP contribution is 2.44. The highest BCUT2D eigenvalue weighted by atomic mass is 16.7. The zero-order chi connectivity index (χ0) is 21.3. The fourth-order valence-corrected chi connectivity index (χ4v) is 3.52. The molecule has 2 aromatic heterocycles. The summed E-state index contributed by atoms with van der Waals surface area (Å²) in [4.78, 5) is 43.1. The van der Waals surface area contributed by atoms with E-state index in [9.17, 15) is 14.4 Å². The summed E-state index contributed by atoms with van der Waals surface area (Å²) in [6.07, 6.45) is 0.0923. The van der Waals surface area contributed by atoms with Gasteiger partial charge in [0.2, 0.25) is 0 Å². The average molecular weight is 406 g/mol. The molecule has 156 valence electrons. The summed E-state index contributed by atoms with van der Waals surface area (Å²) < 4.78 is 23.8. The molecular weight excluding hydrogens is 384 g/mol. The van der Waals surface area contributed by atoms with E-state index in [2.05, 4.69) is 9.97 Å². The number of nitrogen functional groups attached to an aromatic ring is 1. The average Bonchev–Trinajstić information content (AvgIpc) is 3.13. The maximum atomic E-state index is 11.9. The van der Waals surface area contributed by atoms with Crippen LogP contribution in [-0.4, -0.2) is 56.9 Å². The van der Waals surface area contributed by atoms with Gasteiger partial charge in [0.25, 0.3) is 0 Å². The Morgan fingerprint density at radius 1 is 1.21 bits per heavy atom. The molecule has 0 aliphatic carbocycles. The topological polar surface area (TPSA) is 145 Å². The highest BCUT2D eigenvalue weighted by molar-refractivity contribution is 5.86. The molecule has 0 saturated carbocycles. The number of nitrogens with two attached hydrogens (primary N) is 1. The first-order valence-electron chi connectivity index (χ1n) is 8.86. The molecule has 11 heteroatoms. The number of carbonyl (C=O) groups is 3. The molecule has 11 nitrogen and oxygen atoms in total. The monoisotopic (exact) mass is 406 g/mol. The van der Waals surface area contributed by atoms with Crippen LogP contribution >= 0.6 is 0 Å². The molecule has 0 amide bonds. The molecule has 4 atom stereocenters. The van der Waals surface area contributed by atoms with Gasteiger partial charge in [0, 0.05) is 27.0 Å². The van der Waals surface area contributed by atoms with E-state index in [1.807, 2.05) is 0 Å². The molecule has 0 aromatic carbocycles. The van der Waals surface area contributed by atoms with E-state index in [4.69, 9.17) is 24.7 Å². The van der Waals surface area contributed by atoms with Crippen LogP contribution in [0.4, 0.5) is 5.82 Å². The summed E-state index contributed by atoms with van der Waals surface area (Å²) in [5.41, 5.74) is 4.90. The quantitative estimate of drug-likeness (QED) is 0.557. The zero-order valence-electron chi connectivity index (χ0n) is 16.4. The summed E-state index contributed by atoms with van der Waals surface area (Å²) in [7, 11) is 0. The van der Waals surface area contributed by atoms with Crippen LogP contribution in [0.1, 0.15) is 33.9 Å². The van der Waals surface area contributed by atoms with Crippen LogP contribution in [-0.2, 0) is 33.3 Å². The van der Waals surface area contributed by atoms with Gasteiger partial charge in [-0.3, -0.25) is 14.4 Å². The summed E-state index contributed by atoms with van der Waals surface area (Å²) in [6.45, 7) is 5.09. The molecule has 3 rings (SSSR count). The number of nitrogens with zero attached hydrogens (tertiary/aromatic N) is 3. The minimum atomic E-state index is -1.44. The molecule has 1 aliphatic heterocycles. The van der Waals surface area contributed by atoms with Crippen LogP contribution < -0.4 is 5.73 Å². The van der Waals surface area contributed by atoms with Crippen molar-refractivity contribution in [2.24, 2.45) is 0 Å². The van der Waals surface area contributed by atoms with Crippen molar-refractivity contribution in [3.05, 3.63) is 18.6 Å². The Bertz CT molecular complexity index is 959. The van der Waals surface area contributed by atoms with Gasteiger partial charge in [-0.2, -0.15) is 0 Å². The summed E-state index contributed by atoms with van der Waals surface area (Å²) in [5.74, 6) is -1.46. The lowest BCUT2D eigenvalue weighted by atomic mass is 9.95. The van der Waals surface area contributed by atoms with Gasteiger partial charge in [-0.05, 0) is 13.0 Å². The normalized spacial score (nSPS) is 26.3. The van der Waals surface area contributed by atoms with Crippen molar-refractivity contribution in [1.82, 2.24) is 14.5 Å². The van der Waals surface area contributed by atoms with Gasteiger partial charge >= 0.3 is 17.9 Å². The Kier molecular flexibility index (Phi) is 5.42. The fraction of sp³-hybridized carbons (Fsp3) is 0.500. The lowest BCUT2D eigenvalue weighted by molar-refractivity contribution is -0.184. The number of ether oxygens (including phenoxy) is 4. The predicted octanol–water partition coefficient (Wildman–Crippen LogP) is 0.727. The van der Waals surface area contributed by atoms with Crippen LogP contribution in [0.2, 0.25) is 0 Å². The number of rotatable bonds is 5. The van der Waals surface area contributed by atoms with Crippen molar-refractivity contribution in [1.29, 1.82) is 0 Å². The van der Waals surface area contributed by atoms with Crippen LogP contribution in [0.15, 0.2) is 18.6 Å². The minimum absolute atomic E-state index is 0.197. The van der Waals surface area contributed by atoms with Gasteiger partial charge in [0.15, 0.2) is 17.9 Å². The van der Waals surface area contributed by atoms with Crippen LogP contribution in [0.5, 0.6) is 0 Å². The van der Waals surface area contributed by atoms with Gasteiger partial charge in [-0.15, -0.1) is 0 Å². The van der Waals surface area contributed by atoms with E-state index in [-0.39, 0.29) is 12.4 Å². The number of hydrogen-bond acceptors (Lipinski definition) is 10. The Labute approximate surface area is 166 Å². The van der Waals surface area contributed by atoms with Crippen LogP contribution in [0.25, 0.3) is 11.0 Å². The van der Waals surface area contributed by atoms with Crippen molar-refractivity contribution in [2.45, 2.75) is 51.7 Å². The molecule has 0 spiro atoms. The number of aromatic nitrogens is 3. The third-order valence-corrected chi connectivity index (χ3v) is 4.60. The molecular formula is C18H22N4O7. The summed E-state index contributed by atoms with van der Waals surface area (Å²) in [6, 6.07) is 1.70. The Hall–Kier alpha value is -3.21. The maximum Gasteiger partial charge on any atom is 0.303 e. The van der Waals surface area contributed by atoms with Gasteiger partial charge in [0.05, 0.1) is 5.39 Å². The molecule has 1 aliphatic rings. The molecule has 1 fully saturated rings. The van der Waals surface area contributed by atoms with E-state index in [0.717, 1.165) is 0 Å². The fourth-order valence-electron chi connectivity index (χ4n) is 3.52. The van der Waals surface area contributed by atoms with E-state index in [1.165, 1.54) is 27.1 Å². The Morgan fingerprint density at radius 2 is 1.93 bits per heavy atom. The smallest absolute Gasteiger partial charge is 0.303 e. The van der Waals surface area contributed by atoms with E-state index >= 15 is 0 Å². The molecule has 0 radical (unpaired) electrons. The lowest BCUT2D eigenvalue weighted by Gasteiger charge is -2.34. The van der Waals surface area contributed by atoms with Crippen molar-refractivity contribution in [3.8, 4) is 0 Å². The standard InChI is InChI=1S/C18H22N4O7/c1-9(23)26-7-13-14(27-10(2)24)18(4,29-11(3)25)17(28-13)22-6-5-12-15(19)20-8-21-16(12)22/h5-6,8,13-14,17H,7H2,1-4H3,(H2,19,20,21)/t13-,14-,17?,18?/m1/s1. The first-order valence-corrected chi connectivity index (χ1v) is 8.86. The van der Waals surface area contributed by atoms with Gasteiger partial charge in [0.1, 0.15) is 30.5 Å². The largest absolute Gasteiger partial charge is 0.463 e. The van der Waals surface area contributed by atoms with Crippen molar-refractivity contribution >= 4 is 34.8 Å². The molecule has 2 aromatic rings. The first kappa shape index (κ1) is 20.5. The summed E-state index contributed by atoms with van der Waals surface area (Å²) >= 11 is 0. The first-order chi connectivity index (χ1) is 13.6. The third-order valence-electron chi connectivity index (χ3n) is 4.60. The van der Waals surface area contributed by atoms with Gasteiger partial charge < -0.3 is 29.2 Å². The van der Waals surface area contributed by atoms with Crippen molar-refractivity contribution in [3.63, 3.8) is 0 Å². The molecule has 0 bridgehead atoms. The lowest BCUT2D eigenvalue weighted by Crippen LogP contribution is -2.50. The second kappa shape index (κ2) is 7.66. The molecule has 2 unspecified atom stereocenters. The molecule has 3 heterocycles. The molecule has 29 heavy (non-hydrogen) atoms. The van der Waals surface area contributed by atoms with Crippen molar-refractivity contribution in [2.75, 3.05) is 12.3 Å². The van der Waals surface area contributed by atoms with E-state index in [0.29, 0.717) is 11.0 Å². The second-order valence-corrected chi connectivity index (χ2v) is 6.86. The van der Waals surface area contributed by atoms with Gasteiger partial charge in [-0.25, -0.2) is 9.97 Å².